The molecule has 1 atom stereocenters. The van der Waals surface area contributed by atoms with Crippen molar-refractivity contribution in [3.05, 3.63) is 36.1 Å². The van der Waals surface area contributed by atoms with Crippen molar-refractivity contribution in [2.24, 2.45) is 0 Å². The highest BCUT2D eigenvalue weighted by atomic mass is 16.5. The molecule has 6 heteroatoms. The molecular weight excluding hydrogens is 282 g/mol. The van der Waals surface area contributed by atoms with Gasteiger partial charge in [0.15, 0.2) is 5.82 Å². The molecule has 6 nitrogen and oxygen atoms in total. The van der Waals surface area contributed by atoms with Gasteiger partial charge in [-0.25, -0.2) is 0 Å². The number of anilines is 2. The number of hydrogen-bond donors (Lipinski definition) is 2. The number of ether oxygens (including phenoxy) is 1. The summed E-state index contributed by atoms with van der Waals surface area (Å²) in [5.41, 5.74) is 0.826. The van der Waals surface area contributed by atoms with Gasteiger partial charge in [-0.15, -0.1) is 0 Å². The second kappa shape index (κ2) is 7.49. The van der Waals surface area contributed by atoms with Crippen LogP contribution in [0.4, 0.5) is 11.5 Å². The number of aryl methyl sites for hydroxylation is 1. The SMILES string of the molecule is CCCOc1cccc(N[C@@H](C)C(=O)Nc2cc(C)on2)c1. The van der Waals surface area contributed by atoms with Crippen LogP contribution in [0.2, 0.25) is 0 Å². The first kappa shape index (κ1) is 15.9. The molecule has 22 heavy (non-hydrogen) atoms. The van der Waals surface area contributed by atoms with Crippen molar-refractivity contribution in [2.75, 3.05) is 17.2 Å². The Morgan fingerprint density at radius 2 is 2.23 bits per heavy atom. The Morgan fingerprint density at radius 1 is 1.41 bits per heavy atom. The molecular formula is C16H21N3O3. The summed E-state index contributed by atoms with van der Waals surface area (Å²) in [4.78, 5) is 12.1. The largest absolute Gasteiger partial charge is 0.494 e. The zero-order valence-corrected chi connectivity index (χ0v) is 13.1. The van der Waals surface area contributed by atoms with Crippen molar-refractivity contribution < 1.29 is 14.1 Å². The van der Waals surface area contributed by atoms with E-state index >= 15 is 0 Å². The summed E-state index contributed by atoms with van der Waals surface area (Å²) in [6.45, 7) is 6.28. The Kier molecular flexibility index (Phi) is 5.41. The summed E-state index contributed by atoms with van der Waals surface area (Å²) >= 11 is 0. The minimum Gasteiger partial charge on any atom is -0.494 e. The van der Waals surface area contributed by atoms with Crippen LogP contribution in [-0.2, 0) is 4.79 Å². The summed E-state index contributed by atoms with van der Waals surface area (Å²) < 4.78 is 10.5. The van der Waals surface area contributed by atoms with Gasteiger partial charge in [-0.2, -0.15) is 0 Å². The van der Waals surface area contributed by atoms with Crippen LogP contribution in [0.25, 0.3) is 0 Å². The molecule has 0 aliphatic rings. The fraction of sp³-hybridized carbons (Fsp3) is 0.375. The fourth-order valence-electron chi connectivity index (χ4n) is 1.87. The predicted molar refractivity (Wildman–Crippen MR) is 85.2 cm³/mol. The Morgan fingerprint density at radius 3 is 2.91 bits per heavy atom. The van der Waals surface area contributed by atoms with E-state index in [1.54, 1.807) is 19.9 Å². The third-order valence-corrected chi connectivity index (χ3v) is 2.96. The smallest absolute Gasteiger partial charge is 0.247 e. The van der Waals surface area contributed by atoms with Crippen LogP contribution in [0.1, 0.15) is 26.0 Å². The molecule has 0 saturated heterocycles. The number of aromatic nitrogens is 1. The van der Waals surface area contributed by atoms with Gasteiger partial charge in [-0.3, -0.25) is 4.79 Å². The second-order valence-electron chi connectivity index (χ2n) is 5.05. The average molecular weight is 303 g/mol. The highest BCUT2D eigenvalue weighted by molar-refractivity contribution is 5.95. The fourth-order valence-corrected chi connectivity index (χ4v) is 1.87. The number of nitrogens with one attached hydrogen (secondary N) is 2. The first-order valence-electron chi connectivity index (χ1n) is 7.32. The van der Waals surface area contributed by atoms with Gasteiger partial charge in [0, 0.05) is 17.8 Å². The minimum absolute atomic E-state index is 0.187. The lowest BCUT2D eigenvalue weighted by atomic mass is 10.2. The quantitative estimate of drug-likeness (QED) is 0.821. The van der Waals surface area contributed by atoms with Crippen LogP contribution in [-0.4, -0.2) is 23.7 Å². The van der Waals surface area contributed by atoms with Gasteiger partial charge in [0.1, 0.15) is 17.6 Å². The number of nitrogens with zero attached hydrogens (tertiary/aromatic N) is 1. The van der Waals surface area contributed by atoms with Crippen LogP contribution in [0, 0.1) is 6.92 Å². The molecule has 2 N–H and O–H groups in total. The lowest BCUT2D eigenvalue weighted by Crippen LogP contribution is -2.31. The standard InChI is InChI=1S/C16H21N3O3/c1-4-8-21-14-7-5-6-13(10-14)17-12(3)16(20)18-15-9-11(2)22-19-15/h5-7,9-10,12,17H,4,8H2,1-3H3,(H,18,19,20)/t12-/m0/s1. The number of rotatable bonds is 7. The first-order valence-corrected chi connectivity index (χ1v) is 7.32. The second-order valence-corrected chi connectivity index (χ2v) is 5.05. The molecule has 1 amide bonds. The van der Waals surface area contributed by atoms with E-state index in [0.717, 1.165) is 17.9 Å². The van der Waals surface area contributed by atoms with Gasteiger partial charge in [0.25, 0.3) is 0 Å². The van der Waals surface area contributed by atoms with Gasteiger partial charge in [0.2, 0.25) is 5.91 Å². The molecule has 0 unspecified atom stereocenters. The Labute approximate surface area is 129 Å². The molecule has 0 aliphatic heterocycles. The molecule has 0 spiro atoms. The van der Waals surface area contributed by atoms with E-state index in [9.17, 15) is 4.79 Å². The lowest BCUT2D eigenvalue weighted by Gasteiger charge is -2.15. The summed E-state index contributed by atoms with van der Waals surface area (Å²) in [5.74, 6) is 1.66. The Hall–Kier alpha value is -2.50. The zero-order chi connectivity index (χ0) is 15.9. The molecule has 118 valence electrons. The van der Waals surface area contributed by atoms with Crippen LogP contribution < -0.4 is 15.4 Å². The van der Waals surface area contributed by atoms with Crippen LogP contribution >= 0.6 is 0 Å². The lowest BCUT2D eigenvalue weighted by molar-refractivity contribution is -0.116. The number of carbonyl (C=O) groups is 1. The van der Waals surface area contributed by atoms with Gasteiger partial charge >= 0.3 is 0 Å². The van der Waals surface area contributed by atoms with E-state index in [1.165, 1.54) is 0 Å². The van der Waals surface area contributed by atoms with Crippen molar-refractivity contribution in [3.63, 3.8) is 0 Å². The van der Waals surface area contributed by atoms with E-state index in [0.29, 0.717) is 18.2 Å². The average Bonchev–Trinajstić information content (AvgIpc) is 2.90. The van der Waals surface area contributed by atoms with Crippen molar-refractivity contribution in [2.45, 2.75) is 33.2 Å². The molecule has 0 fully saturated rings. The monoisotopic (exact) mass is 303 g/mol. The Bertz CT molecular complexity index is 625. The van der Waals surface area contributed by atoms with E-state index in [4.69, 9.17) is 9.26 Å². The maximum absolute atomic E-state index is 12.1. The van der Waals surface area contributed by atoms with Gasteiger partial charge in [0.05, 0.1) is 6.61 Å². The summed E-state index contributed by atoms with van der Waals surface area (Å²) in [5, 5.41) is 9.57. The maximum Gasteiger partial charge on any atom is 0.247 e. The van der Waals surface area contributed by atoms with E-state index in [1.807, 2.05) is 24.3 Å². The molecule has 2 aromatic rings. The molecule has 0 radical (unpaired) electrons. The van der Waals surface area contributed by atoms with Crippen LogP contribution in [0.3, 0.4) is 0 Å². The highest BCUT2D eigenvalue weighted by Crippen LogP contribution is 2.18. The van der Waals surface area contributed by atoms with E-state index in [2.05, 4.69) is 22.7 Å². The number of carbonyl (C=O) groups excluding carboxylic acids is 1. The number of amides is 1. The number of benzene rings is 1. The van der Waals surface area contributed by atoms with E-state index < -0.39 is 6.04 Å². The molecule has 1 heterocycles. The van der Waals surface area contributed by atoms with Crippen molar-refractivity contribution in [3.8, 4) is 5.75 Å². The van der Waals surface area contributed by atoms with Gasteiger partial charge in [-0.05, 0) is 32.4 Å². The minimum atomic E-state index is -0.418. The molecule has 2 rings (SSSR count). The Balaban J connectivity index is 1.93. The summed E-state index contributed by atoms with van der Waals surface area (Å²) in [6.07, 6.45) is 0.952. The summed E-state index contributed by atoms with van der Waals surface area (Å²) in [6, 6.07) is 8.80. The van der Waals surface area contributed by atoms with Crippen molar-refractivity contribution in [1.82, 2.24) is 5.16 Å². The van der Waals surface area contributed by atoms with Crippen molar-refractivity contribution in [1.29, 1.82) is 0 Å². The predicted octanol–water partition coefficient (Wildman–Crippen LogP) is 3.21. The zero-order valence-electron chi connectivity index (χ0n) is 13.1. The molecule has 1 aromatic carbocycles. The first-order chi connectivity index (χ1) is 10.6. The third kappa shape index (κ3) is 4.51. The normalized spacial score (nSPS) is 11.8. The molecule has 1 aromatic heterocycles. The highest BCUT2D eigenvalue weighted by Gasteiger charge is 2.14. The third-order valence-electron chi connectivity index (χ3n) is 2.96. The molecule has 0 saturated carbocycles. The van der Waals surface area contributed by atoms with E-state index in [-0.39, 0.29) is 5.91 Å². The topological polar surface area (TPSA) is 76.4 Å². The molecule has 0 aliphatic carbocycles. The maximum atomic E-state index is 12.1. The van der Waals surface area contributed by atoms with Gasteiger partial charge < -0.3 is 19.9 Å². The van der Waals surface area contributed by atoms with Crippen molar-refractivity contribution >= 4 is 17.4 Å². The molecule has 0 bridgehead atoms. The summed E-state index contributed by atoms with van der Waals surface area (Å²) in [7, 11) is 0. The number of hydrogen-bond acceptors (Lipinski definition) is 5. The van der Waals surface area contributed by atoms with Crippen LogP contribution in [0.5, 0.6) is 5.75 Å². The van der Waals surface area contributed by atoms with Crippen LogP contribution in [0.15, 0.2) is 34.9 Å². The van der Waals surface area contributed by atoms with Gasteiger partial charge in [-0.1, -0.05) is 18.1 Å².